The van der Waals surface area contributed by atoms with E-state index >= 15 is 0 Å². The summed E-state index contributed by atoms with van der Waals surface area (Å²) in [7, 11) is 0. The van der Waals surface area contributed by atoms with Gasteiger partial charge in [0, 0.05) is 23.5 Å². The van der Waals surface area contributed by atoms with Crippen molar-refractivity contribution in [3.8, 4) is 0 Å². The molecule has 5 heteroatoms. The largest absolute Gasteiger partial charge is 0.398 e. The maximum Gasteiger partial charge on any atom is 0.251 e. The third-order valence-electron chi connectivity index (χ3n) is 2.67. The van der Waals surface area contributed by atoms with Gasteiger partial charge in [-0.15, -0.1) is 0 Å². The van der Waals surface area contributed by atoms with E-state index in [0.29, 0.717) is 5.69 Å². The fraction of sp³-hybridized carbons (Fsp3) is 0.538. The van der Waals surface area contributed by atoms with Crippen LogP contribution in [0.5, 0.6) is 0 Å². The molecular weight excluding hydrogens is 230 g/mol. The van der Waals surface area contributed by atoms with Crippen LogP contribution in [0.25, 0.3) is 0 Å². The van der Waals surface area contributed by atoms with Gasteiger partial charge in [-0.2, -0.15) is 0 Å². The topological polar surface area (TPSA) is 77.1 Å². The molecule has 3 N–H and O–H groups in total. The lowest BCUT2D eigenvalue weighted by Crippen LogP contribution is -2.45. The fourth-order valence-corrected chi connectivity index (χ4v) is 1.93. The second-order valence-corrected chi connectivity index (χ2v) is 5.11. The lowest BCUT2D eigenvalue weighted by Gasteiger charge is -2.25. The number of carbonyl (C=O) groups is 1. The molecule has 18 heavy (non-hydrogen) atoms. The molecule has 0 aliphatic carbocycles. The molecule has 0 unspecified atom stereocenters. The number of carbonyl (C=O) groups excluding carboxylic acids is 1. The molecule has 0 aliphatic heterocycles. The highest BCUT2D eigenvalue weighted by Crippen LogP contribution is 2.10. The van der Waals surface area contributed by atoms with Gasteiger partial charge in [0.05, 0.1) is 0 Å². The van der Waals surface area contributed by atoms with Crippen molar-refractivity contribution in [3.05, 3.63) is 28.7 Å². The van der Waals surface area contributed by atoms with Crippen molar-refractivity contribution in [2.45, 2.75) is 45.7 Å². The van der Waals surface area contributed by atoms with Gasteiger partial charge in [0.15, 0.2) is 0 Å². The molecule has 0 aliphatic rings. The maximum atomic E-state index is 11.9. The Labute approximate surface area is 107 Å². The van der Waals surface area contributed by atoms with Crippen LogP contribution in [-0.4, -0.2) is 16.0 Å². The van der Waals surface area contributed by atoms with Crippen LogP contribution in [-0.2, 0) is 11.3 Å². The summed E-state index contributed by atoms with van der Waals surface area (Å²) in [5.41, 5.74) is 5.57. The molecule has 1 aromatic heterocycles. The number of hydrogen-bond donors (Lipinski definition) is 2. The number of nitrogens with two attached hydrogens (primary N) is 1. The monoisotopic (exact) mass is 251 g/mol. The van der Waals surface area contributed by atoms with Crippen LogP contribution in [0.2, 0.25) is 0 Å². The Kier molecular flexibility index (Phi) is 4.53. The number of rotatable bonds is 5. The average Bonchev–Trinajstić information content (AvgIpc) is 2.22. The highest BCUT2D eigenvalue weighted by Gasteiger charge is 2.19. The molecule has 0 radical (unpaired) electrons. The van der Waals surface area contributed by atoms with Crippen molar-refractivity contribution in [1.82, 2.24) is 9.88 Å². The number of pyridine rings is 1. The van der Waals surface area contributed by atoms with Gasteiger partial charge in [-0.1, -0.05) is 13.3 Å². The molecule has 0 saturated heterocycles. The summed E-state index contributed by atoms with van der Waals surface area (Å²) in [6, 6.07) is 2.89. The first-order valence-electron chi connectivity index (χ1n) is 6.11. The number of aromatic nitrogens is 1. The second-order valence-electron chi connectivity index (χ2n) is 5.11. The molecular formula is C13H21N3O2. The van der Waals surface area contributed by atoms with E-state index in [1.807, 2.05) is 13.8 Å². The predicted molar refractivity (Wildman–Crippen MR) is 72.2 cm³/mol. The normalized spacial score (nSPS) is 11.3. The average molecular weight is 251 g/mol. The number of nitrogen functional groups attached to an aromatic ring is 1. The van der Waals surface area contributed by atoms with Gasteiger partial charge in [-0.05, 0) is 26.3 Å². The van der Waals surface area contributed by atoms with Crippen LogP contribution in [0.15, 0.2) is 23.1 Å². The standard InChI is InChI=1S/C13H21N3O2/c1-4-7-13(2,3)15-11(17)9-16-8-10(14)5-6-12(16)18/h5-6,8H,4,7,9,14H2,1-3H3,(H,15,17). The van der Waals surface area contributed by atoms with E-state index in [1.54, 1.807) is 0 Å². The Hall–Kier alpha value is -1.78. The summed E-state index contributed by atoms with van der Waals surface area (Å²) in [5, 5.41) is 2.91. The molecule has 1 rings (SSSR count). The minimum Gasteiger partial charge on any atom is -0.398 e. The Balaban J connectivity index is 2.71. The summed E-state index contributed by atoms with van der Waals surface area (Å²) in [4.78, 5) is 23.4. The SMILES string of the molecule is CCCC(C)(C)NC(=O)Cn1cc(N)ccc1=O. The van der Waals surface area contributed by atoms with Gasteiger partial charge >= 0.3 is 0 Å². The first kappa shape index (κ1) is 14.3. The van der Waals surface area contributed by atoms with Crippen LogP contribution in [0.1, 0.15) is 33.6 Å². The summed E-state index contributed by atoms with van der Waals surface area (Å²) < 4.78 is 1.31. The van der Waals surface area contributed by atoms with Crippen LogP contribution in [0.3, 0.4) is 0 Å². The number of anilines is 1. The smallest absolute Gasteiger partial charge is 0.251 e. The number of hydrogen-bond acceptors (Lipinski definition) is 3. The first-order valence-corrected chi connectivity index (χ1v) is 6.11. The highest BCUT2D eigenvalue weighted by molar-refractivity contribution is 5.76. The summed E-state index contributed by atoms with van der Waals surface area (Å²) >= 11 is 0. The zero-order valence-electron chi connectivity index (χ0n) is 11.2. The zero-order valence-corrected chi connectivity index (χ0v) is 11.2. The third-order valence-corrected chi connectivity index (χ3v) is 2.67. The van der Waals surface area contributed by atoms with E-state index in [-0.39, 0.29) is 23.6 Å². The Morgan fingerprint density at radius 3 is 2.72 bits per heavy atom. The van der Waals surface area contributed by atoms with Crippen LogP contribution in [0, 0.1) is 0 Å². The van der Waals surface area contributed by atoms with E-state index in [9.17, 15) is 9.59 Å². The van der Waals surface area contributed by atoms with Crippen LogP contribution < -0.4 is 16.6 Å². The molecule has 0 spiro atoms. The molecule has 0 saturated carbocycles. The molecule has 0 aromatic carbocycles. The molecule has 1 amide bonds. The molecule has 1 heterocycles. The van der Waals surface area contributed by atoms with Gasteiger partial charge in [-0.25, -0.2) is 0 Å². The highest BCUT2D eigenvalue weighted by atomic mass is 16.2. The van der Waals surface area contributed by atoms with Crippen molar-refractivity contribution in [1.29, 1.82) is 0 Å². The number of nitrogens with zero attached hydrogens (tertiary/aromatic N) is 1. The van der Waals surface area contributed by atoms with Crippen LogP contribution in [0.4, 0.5) is 5.69 Å². The van der Waals surface area contributed by atoms with Crippen LogP contribution >= 0.6 is 0 Å². The maximum absolute atomic E-state index is 11.9. The molecule has 5 nitrogen and oxygen atoms in total. The molecule has 0 bridgehead atoms. The van der Waals surface area contributed by atoms with E-state index in [0.717, 1.165) is 12.8 Å². The van der Waals surface area contributed by atoms with Gasteiger partial charge < -0.3 is 15.6 Å². The zero-order chi connectivity index (χ0) is 13.8. The van der Waals surface area contributed by atoms with Crippen molar-refractivity contribution in [2.24, 2.45) is 0 Å². The molecule has 0 fully saturated rings. The van der Waals surface area contributed by atoms with Crippen molar-refractivity contribution >= 4 is 11.6 Å². The van der Waals surface area contributed by atoms with E-state index in [4.69, 9.17) is 5.73 Å². The Morgan fingerprint density at radius 2 is 2.11 bits per heavy atom. The molecule has 0 atom stereocenters. The Morgan fingerprint density at radius 1 is 1.44 bits per heavy atom. The van der Waals surface area contributed by atoms with Crippen molar-refractivity contribution in [2.75, 3.05) is 5.73 Å². The van der Waals surface area contributed by atoms with Gasteiger partial charge in [0.25, 0.3) is 5.56 Å². The number of amides is 1. The minimum absolute atomic E-state index is 0.00296. The predicted octanol–water partition coefficient (Wildman–Crippen LogP) is 1.13. The quantitative estimate of drug-likeness (QED) is 0.823. The van der Waals surface area contributed by atoms with Crippen molar-refractivity contribution in [3.63, 3.8) is 0 Å². The van der Waals surface area contributed by atoms with Gasteiger partial charge in [0.2, 0.25) is 5.91 Å². The minimum atomic E-state index is -0.254. The van der Waals surface area contributed by atoms with E-state index in [2.05, 4.69) is 12.2 Å². The first-order chi connectivity index (χ1) is 8.34. The van der Waals surface area contributed by atoms with Gasteiger partial charge in [-0.3, -0.25) is 9.59 Å². The Bertz CT molecular complexity index is 477. The van der Waals surface area contributed by atoms with Gasteiger partial charge in [0.1, 0.15) is 6.54 Å². The third kappa shape index (κ3) is 4.24. The lowest BCUT2D eigenvalue weighted by molar-refractivity contribution is -0.123. The lowest BCUT2D eigenvalue weighted by atomic mass is 9.99. The van der Waals surface area contributed by atoms with Crippen molar-refractivity contribution < 1.29 is 4.79 Å². The summed E-state index contributed by atoms with van der Waals surface area (Å²) in [5.74, 6) is -0.179. The fourth-order valence-electron chi connectivity index (χ4n) is 1.93. The van der Waals surface area contributed by atoms with E-state index < -0.39 is 0 Å². The summed E-state index contributed by atoms with van der Waals surface area (Å²) in [6.07, 6.45) is 3.37. The van der Waals surface area contributed by atoms with E-state index in [1.165, 1.54) is 22.9 Å². The number of nitrogens with one attached hydrogen (secondary N) is 1. The molecule has 100 valence electrons. The summed E-state index contributed by atoms with van der Waals surface area (Å²) in [6.45, 7) is 6.00. The molecule has 1 aromatic rings. The second kappa shape index (κ2) is 5.71.